The fourth-order valence-electron chi connectivity index (χ4n) is 3.98. The van der Waals surface area contributed by atoms with Crippen LogP contribution in [0.3, 0.4) is 0 Å². The Balaban J connectivity index is 1.24. The third-order valence-electron chi connectivity index (χ3n) is 5.81. The van der Waals surface area contributed by atoms with E-state index in [0.29, 0.717) is 29.2 Å². The van der Waals surface area contributed by atoms with Gasteiger partial charge in [-0.2, -0.15) is 0 Å². The molecule has 0 aliphatic heterocycles. The molecule has 0 saturated carbocycles. The van der Waals surface area contributed by atoms with Gasteiger partial charge in [0.15, 0.2) is 0 Å². The lowest BCUT2D eigenvalue weighted by Crippen LogP contribution is -2.32. The van der Waals surface area contributed by atoms with Crippen molar-refractivity contribution in [3.63, 3.8) is 0 Å². The SMILES string of the molecule is CN(C)c1cccc2c(S(=O)(=O)NCCNCCc3ccc(NC(=N)c4cccs4)cc3)cccc12. The summed E-state index contributed by atoms with van der Waals surface area (Å²) in [7, 11) is 0.264. The summed E-state index contributed by atoms with van der Waals surface area (Å²) < 4.78 is 28.7. The van der Waals surface area contributed by atoms with Gasteiger partial charge in [0.05, 0.1) is 9.77 Å². The van der Waals surface area contributed by atoms with Gasteiger partial charge in [0.2, 0.25) is 10.0 Å². The van der Waals surface area contributed by atoms with Crippen LogP contribution in [0.1, 0.15) is 10.4 Å². The highest BCUT2D eigenvalue weighted by Crippen LogP contribution is 2.30. The Hall–Kier alpha value is -3.24. The first-order valence-electron chi connectivity index (χ1n) is 11.7. The summed E-state index contributed by atoms with van der Waals surface area (Å²) in [5, 5.41) is 18.1. The minimum atomic E-state index is -3.63. The van der Waals surface area contributed by atoms with E-state index in [1.165, 1.54) is 16.9 Å². The molecule has 0 aliphatic carbocycles. The van der Waals surface area contributed by atoms with Crippen molar-refractivity contribution in [3.05, 3.63) is 88.6 Å². The Bertz CT molecular complexity index is 1420. The molecule has 3 aromatic carbocycles. The fraction of sp³-hybridized carbons (Fsp3) is 0.222. The maximum absolute atomic E-state index is 13.0. The predicted octanol–water partition coefficient (Wildman–Crippen LogP) is 4.52. The molecule has 0 unspecified atom stereocenters. The number of thiophene rings is 1. The van der Waals surface area contributed by atoms with Gasteiger partial charge in [-0.25, -0.2) is 13.1 Å². The van der Waals surface area contributed by atoms with Crippen molar-refractivity contribution >= 4 is 49.3 Å². The number of amidine groups is 1. The standard InChI is InChI=1S/C27H31N5O2S2/c1-32(2)24-8-3-7-23-22(24)6-4-10-26(23)36(33,34)30-18-17-29-16-15-20-11-13-21(14-12-20)31-27(28)25-9-5-19-35-25/h3-14,19,29-30H,15-18H2,1-2H3,(H2,28,31). The smallest absolute Gasteiger partial charge is 0.241 e. The largest absolute Gasteiger partial charge is 0.377 e. The predicted molar refractivity (Wildman–Crippen MR) is 151 cm³/mol. The van der Waals surface area contributed by atoms with E-state index >= 15 is 0 Å². The van der Waals surface area contributed by atoms with Gasteiger partial charge in [-0.3, -0.25) is 5.41 Å². The van der Waals surface area contributed by atoms with E-state index in [4.69, 9.17) is 5.41 Å². The van der Waals surface area contributed by atoms with Crippen molar-refractivity contribution < 1.29 is 8.42 Å². The minimum Gasteiger partial charge on any atom is -0.377 e. The van der Waals surface area contributed by atoms with Crippen LogP contribution >= 0.6 is 11.3 Å². The summed E-state index contributed by atoms with van der Waals surface area (Å²) >= 11 is 1.53. The van der Waals surface area contributed by atoms with Crippen LogP contribution in [0.25, 0.3) is 10.8 Å². The zero-order chi connectivity index (χ0) is 25.5. The Labute approximate surface area is 216 Å². The average molecular weight is 522 g/mol. The van der Waals surface area contributed by atoms with Crippen molar-refractivity contribution in [2.75, 3.05) is 43.9 Å². The quantitative estimate of drug-likeness (QED) is 0.132. The number of fused-ring (bicyclic) bond motifs is 1. The highest BCUT2D eigenvalue weighted by molar-refractivity contribution is 7.89. The summed E-state index contributed by atoms with van der Waals surface area (Å²) in [4.78, 5) is 3.18. The van der Waals surface area contributed by atoms with Crippen LogP contribution in [0.2, 0.25) is 0 Å². The minimum absolute atomic E-state index is 0.296. The molecule has 7 nitrogen and oxygen atoms in total. The molecule has 4 rings (SSSR count). The van der Waals surface area contributed by atoms with Crippen LogP contribution in [0.5, 0.6) is 0 Å². The number of benzene rings is 3. The second-order valence-corrected chi connectivity index (χ2v) is 11.3. The van der Waals surface area contributed by atoms with E-state index in [1.807, 2.05) is 85.0 Å². The van der Waals surface area contributed by atoms with Crippen molar-refractivity contribution in [1.29, 1.82) is 5.41 Å². The first-order valence-corrected chi connectivity index (χ1v) is 14.1. The molecule has 0 radical (unpaired) electrons. The van der Waals surface area contributed by atoms with E-state index in [0.717, 1.165) is 34.6 Å². The van der Waals surface area contributed by atoms with Crippen molar-refractivity contribution in [2.24, 2.45) is 0 Å². The number of rotatable bonds is 11. The molecular formula is C27H31N5O2S2. The Morgan fingerprint density at radius 2 is 1.64 bits per heavy atom. The molecule has 0 atom stereocenters. The molecule has 9 heteroatoms. The van der Waals surface area contributed by atoms with Gasteiger partial charge in [0, 0.05) is 49.3 Å². The molecule has 0 bridgehead atoms. The summed E-state index contributed by atoms with van der Waals surface area (Å²) in [5.41, 5.74) is 3.03. The van der Waals surface area contributed by atoms with Gasteiger partial charge in [0.25, 0.3) is 0 Å². The maximum Gasteiger partial charge on any atom is 0.241 e. The second-order valence-electron chi connectivity index (χ2n) is 8.59. The lowest BCUT2D eigenvalue weighted by molar-refractivity contribution is 0.577. The number of hydrogen-bond donors (Lipinski definition) is 4. The lowest BCUT2D eigenvalue weighted by atomic mass is 10.1. The zero-order valence-corrected chi connectivity index (χ0v) is 22.0. The summed E-state index contributed by atoms with van der Waals surface area (Å²) in [6.07, 6.45) is 0.825. The number of nitrogens with one attached hydrogen (secondary N) is 4. The Morgan fingerprint density at radius 1 is 0.889 bits per heavy atom. The lowest BCUT2D eigenvalue weighted by Gasteiger charge is -2.17. The molecule has 1 heterocycles. The van der Waals surface area contributed by atoms with Crippen LogP contribution in [0.15, 0.2) is 83.1 Å². The average Bonchev–Trinajstić information content (AvgIpc) is 3.41. The Kier molecular flexibility index (Phi) is 8.37. The summed E-state index contributed by atoms with van der Waals surface area (Å²) in [6, 6.07) is 23.0. The molecule has 0 fully saturated rings. The second kappa shape index (κ2) is 11.7. The fourth-order valence-corrected chi connectivity index (χ4v) is 5.86. The number of anilines is 2. The van der Waals surface area contributed by atoms with Crippen molar-refractivity contribution in [3.8, 4) is 0 Å². The molecule has 1 aromatic heterocycles. The Morgan fingerprint density at radius 3 is 2.36 bits per heavy atom. The molecular weight excluding hydrogens is 490 g/mol. The molecule has 4 aromatic rings. The normalized spacial score (nSPS) is 11.5. The molecule has 36 heavy (non-hydrogen) atoms. The number of hydrogen-bond acceptors (Lipinski definition) is 6. The highest BCUT2D eigenvalue weighted by atomic mass is 32.2. The number of nitrogens with zero attached hydrogens (tertiary/aromatic N) is 1. The summed E-state index contributed by atoms with van der Waals surface area (Å²) in [5.74, 6) is 0.392. The zero-order valence-electron chi connectivity index (χ0n) is 20.4. The van der Waals surface area contributed by atoms with Gasteiger partial charge in [-0.15, -0.1) is 11.3 Å². The third-order valence-corrected chi connectivity index (χ3v) is 8.21. The molecule has 0 amide bonds. The summed E-state index contributed by atoms with van der Waals surface area (Å²) in [6.45, 7) is 1.57. The van der Waals surface area contributed by atoms with E-state index in [-0.39, 0.29) is 0 Å². The highest BCUT2D eigenvalue weighted by Gasteiger charge is 2.18. The first kappa shape index (κ1) is 25.8. The van der Waals surface area contributed by atoms with Gasteiger partial charge in [-0.05, 0) is 54.2 Å². The van der Waals surface area contributed by atoms with Crippen LogP contribution < -0.4 is 20.3 Å². The molecule has 0 aliphatic rings. The van der Waals surface area contributed by atoms with Crippen LogP contribution in [-0.2, 0) is 16.4 Å². The first-order chi connectivity index (χ1) is 17.3. The van der Waals surface area contributed by atoms with Crippen molar-refractivity contribution in [1.82, 2.24) is 10.0 Å². The number of sulfonamides is 1. The van der Waals surface area contributed by atoms with Gasteiger partial charge >= 0.3 is 0 Å². The maximum atomic E-state index is 13.0. The van der Waals surface area contributed by atoms with E-state index in [1.54, 1.807) is 12.1 Å². The molecule has 188 valence electrons. The van der Waals surface area contributed by atoms with E-state index in [2.05, 4.69) is 15.4 Å². The van der Waals surface area contributed by atoms with Crippen LogP contribution in [0.4, 0.5) is 11.4 Å². The van der Waals surface area contributed by atoms with Crippen LogP contribution in [-0.4, -0.2) is 48.0 Å². The monoisotopic (exact) mass is 521 g/mol. The van der Waals surface area contributed by atoms with Gasteiger partial charge in [0.1, 0.15) is 5.84 Å². The van der Waals surface area contributed by atoms with Gasteiger partial charge in [-0.1, -0.05) is 42.5 Å². The molecule has 0 saturated heterocycles. The topological polar surface area (TPSA) is 97.3 Å². The molecule has 0 spiro atoms. The molecule has 4 N–H and O–H groups in total. The van der Waals surface area contributed by atoms with Crippen LogP contribution in [0, 0.1) is 5.41 Å². The van der Waals surface area contributed by atoms with E-state index in [9.17, 15) is 8.42 Å². The third kappa shape index (κ3) is 6.30. The van der Waals surface area contributed by atoms with E-state index < -0.39 is 10.0 Å². The van der Waals surface area contributed by atoms with Crippen molar-refractivity contribution in [2.45, 2.75) is 11.3 Å². The van der Waals surface area contributed by atoms with Gasteiger partial charge < -0.3 is 15.5 Å².